The highest BCUT2D eigenvalue weighted by atomic mass is 31.0. The first-order valence-corrected chi connectivity index (χ1v) is 22.2. The van der Waals surface area contributed by atoms with Crippen molar-refractivity contribution in [2.45, 2.75) is 165 Å². The van der Waals surface area contributed by atoms with E-state index in [0.717, 1.165) is 42.5 Å². The molecular formula is C50H98N4O16P2. The predicted molar refractivity (Wildman–Crippen MR) is 300 cm³/mol. The summed E-state index contributed by atoms with van der Waals surface area (Å²) in [5.74, 6) is -5.00. The first-order chi connectivity index (χ1) is 31.5. The maximum Gasteiger partial charge on any atom is 0.323 e. The highest BCUT2D eigenvalue weighted by Crippen LogP contribution is 2.19. The van der Waals surface area contributed by atoms with Gasteiger partial charge in [0.05, 0.1) is 19.9 Å². The first kappa shape index (κ1) is 95.9. The number of carboxylic acids is 3. The highest BCUT2D eigenvalue weighted by molar-refractivity contribution is 7.13. The summed E-state index contributed by atoms with van der Waals surface area (Å²) in [5.41, 5.74) is 3.15. The maximum absolute atomic E-state index is 11.7. The van der Waals surface area contributed by atoms with Crippen LogP contribution >= 0.6 is 18.8 Å². The number of imide groups is 1. The van der Waals surface area contributed by atoms with Crippen molar-refractivity contribution in [3.05, 3.63) is 59.7 Å². The van der Waals surface area contributed by atoms with Gasteiger partial charge in [-0.2, -0.15) is 0 Å². The van der Waals surface area contributed by atoms with Crippen LogP contribution in [-0.2, 0) is 75.0 Å². The van der Waals surface area contributed by atoms with Crippen LogP contribution in [-0.4, -0.2) is 125 Å². The Balaban J connectivity index is -0.0000000648. The Morgan fingerprint density at radius 1 is 0.500 bits per heavy atom. The summed E-state index contributed by atoms with van der Waals surface area (Å²) in [4.78, 5) is 105. The second kappa shape index (κ2) is 63.3. The van der Waals surface area contributed by atoms with Gasteiger partial charge in [-0.25, -0.2) is 0 Å². The molecule has 4 atom stereocenters. The minimum Gasteiger partial charge on any atom is -0.481 e. The van der Waals surface area contributed by atoms with E-state index in [9.17, 15) is 33.6 Å². The molecule has 0 saturated carbocycles. The maximum atomic E-state index is 11.7. The fraction of sp³-hybridized carbons (Fsp3) is 0.560. The number of rotatable bonds is 10. The van der Waals surface area contributed by atoms with Crippen molar-refractivity contribution >= 4 is 89.7 Å². The van der Waals surface area contributed by atoms with Gasteiger partial charge in [0.2, 0.25) is 17.7 Å². The SMILES string of the molecule is C.C.C.C.CC.CC.CC.CC.CC(=O)O.CC(=O)O.CC(=O)O.CC(=O)OC(C)=O.COC(=O)[C@H](Cc1ccc(N(C(C)=O)C(C)=O)cc1)N(C)P.COC(=O)[C@H](Cc1ccc(NC(C)=O)cc1)N(C)P. The largest absolute Gasteiger partial charge is 0.481 e. The molecule has 2 rings (SSSR count). The number of benzene rings is 2. The number of nitrogens with one attached hydrogen (secondary N) is 1. The number of ether oxygens (including phenoxy) is 3. The Bertz CT molecular complexity index is 1640. The average molecular weight is 1070 g/mol. The number of likely N-dealkylation sites (N-methyl/N-ethyl adjacent to an activating group) is 2. The van der Waals surface area contributed by atoms with Gasteiger partial charge in [-0.05, 0) is 62.3 Å². The Morgan fingerprint density at radius 3 is 0.903 bits per heavy atom. The summed E-state index contributed by atoms with van der Waals surface area (Å²) < 4.78 is 17.0. The Kier molecular flexibility index (Phi) is 84.4. The summed E-state index contributed by atoms with van der Waals surface area (Å²) in [6.07, 6.45) is 1.01. The van der Waals surface area contributed by atoms with Crippen LogP contribution in [0.2, 0.25) is 0 Å². The minimum atomic E-state index is -0.833. The van der Waals surface area contributed by atoms with E-state index < -0.39 is 35.9 Å². The van der Waals surface area contributed by atoms with Gasteiger partial charge in [-0.3, -0.25) is 62.2 Å². The van der Waals surface area contributed by atoms with Gasteiger partial charge in [0, 0.05) is 61.1 Å². The third-order valence-corrected chi connectivity index (χ3v) is 6.89. The summed E-state index contributed by atoms with van der Waals surface area (Å²) in [6, 6.07) is 13.6. The topological polar surface area (TPSA) is 281 Å². The third kappa shape index (κ3) is 66.4. The van der Waals surface area contributed by atoms with E-state index in [1.54, 1.807) is 47.7 Å². The Labute approximate surface area is 438 Å². The smallest absolute Gasteiger partial charge is 0.323 e. The molecular weight excluding hydrogens is 975 g/mol. The molecule has 0 bridgehead atoms. The highest BCUT2D eigenvalue weighted by Gasteiger charge is 2.23. The standard InChI is InChI=1S/C15H21N2O4P.C13H19N2O3P.C4H6O3.3C2H4O2.4C2H6.4CH4/c1-10(18)17(11(2)19)13-7-5-12(6-8-13)9-14(16(3)22)15(20)21-4;1-9(16)14-11-6-4-10(5-7-11)8-12(15(2)19)13(17)18-3;1-3(5)7-4(2)6;3*1-2(3)4;4*1-2;;;;/h5-8,14H,9,22H2,1-4H3;4-7,12H,8,19H2,1-3H3,(H,14,16);1-2H3;3*1H3,(H,3,4);4*1-2H3;4*1H4/t14-;12-;;;;;;;;;;;;/m00............/s1. The van der Waals surface area contributed by atoms with Gasteiger partial charge >= 0.3 is 23.9 Å². The van der Waals surface area contributed by atoms with E-state index in [0.29, 0.717) is 18.5 Å². The molecule has 0 aliphatic carbocycles. The second-order valence-electron chi connectivity index (χ2n) is 11.9. The lowest BCUT2D eigenvalue weighted by atomic mass is 10.1. The van der Waals surface area contributed by atoms with Gasteiger partial charge in [0.1, 0.15) is 12.1 Å². The lowest BCUT2D eigenvalue weighted by Gasteiger charge is -2.22. The molecule has 22 heteroatoms. The number of carboxylic acid groups (broad SMARTS) is 3. The lowest BCUT2D eigenvalue weighted by Crippen LogP contribution is -2.35. The van der Waals surface area contributed by atoms with Crippen molar-refractivity contribution in [3.63, 3.8) is 0 Å². The molecule has 72 heavy (non-hydrogen) atoms. The molecule has 2 unspecified atom stereocenters. The first-order valence-electron chi connectivity index (χ1n) is 21.2. The number of carbonyl (C=O) groups excluding carboxylic acids is 7. The number of anilines is 2. The summed E-state index contributed by atoms with van der Waals surface area (Å²) in [5, 5.41) is 24.9. The third-order valence-electron chi connectivity index (χ3n) is 6.17. The zero-order valence-electron chi connectivity index (χ0n) is 43.8. The molecule has 0 fully saturated rings. The van der Waals surface area contributed by atoms with E-state index in [-0.39, 0.29) is 65.4 Å². The van der Waals surface area contributed by atoms with E-state index >= 15 is 0 Å². The minimum absolute atomic E-state index is 0. The summed E-state index contributed by atoms with van der Waals surface area (Å²) in [7, 11) is 11.2. The molecule has 4 N–H and O–H groups in total. The molecule has 20 nitrogen and oxygen atoms in total. The van der Waals surface area contributed by atoms with Gasteiger partial charge in [-0.1, -0.05) is 128 Å². The van der Waals surface area contributed by atoms with Gasteiger partial charge in [0.15, 0.2) is 0 Å². The Morgan fingerprint density at radius 2 is 0.736 bits per heavy atom. The molecule has 0 aliphatic heterocycles. The number of esters is 4. The van der Waals surface area contributed by atoms with Crippen LogP contribution in [0.5, 0.6) is 0 Å². The quantitative estimate of drug-likeness (QED) is 0.0745. The predicted octanol–water partition coefficient (Wildman–Crippen LogP) is 9.86. The number of aliphatic carboxylic acids is 3. The van der Waals surface area contributed by atoms with Gasteiger partial charge < -0.3 is 34.8 Å². The molecule has 0 heterocycles. The molecule has 0 saturated heterocycles. The van der Waals surface area contributed by atoms with Crippen LogP contribution in [0.15, 0.2) is 48.5 Å². The molecule has 0 spiro atoms. The van der Waals surface area contributed by atoms with Crippen LogP contribution in [0.4, 0.5) is 11.4 Å². The molecule has 424 valence electrons. The van der Waals surface area contributed by atoms with Gasteiger partial charge in [0.25, 0.3) is 17.9 Å². The molecule has 3 amide bonds. The number of amides is 3. The van der Waals surface area contributed by atoms with E-state index in [1.165, 1.54) is 48.8 Å². The fourth-order valence-corrected chi connectivity index (χ4v) is 4.46. The molecule has 2 aromatic carbocycles. The molecule has 2 aromatic rings. The molecule has 0 aliphatic rings. The van der Waals surface area contributed by atoms with Crippen molar-refractivity contribution < 1.29 is 77.5 Å². The Hall–Kier alpha value is -5.68. The lowest BCUT2D eigenvalue weighted by molar-refractivity contribution is -0.156. The van der Waals surface area contributed by atoms with Crippen LogP contribution in [0, 0.1) is 0 Å². The van der Waals surface area contributed by atoms with Crippen LogP contribution in [0.25, 0.3) is 0 Å². The number of carbonyl (C=O) groups is 10. The van der Waals surface area contributed by atoms with Crippen molar-refractivity contribution in [3.8, 4) is 0 Å². The zero-order valence-corrected chi connectivity index (χ0v) is 46.1. The fourth-order valence-electron chi connectivity index (χ4n) is 4.00. The van der Waals surface area contributed by atoms with Crippen molar-refractivity contribution in [2.24, 2.45) is 0 Å². The van der Waals surface area contributed by atoms with E-state index in [1.807, 2.05) is 79.7 Å². The van der Waals surface area contributed by atoms with Crippen LogP contribution in [0.1, 0.15) is 152 Å². The second-order valence-corrected chi connectivity index (χ2v) is 13.5. The van der Waals surface area contributed by atoms with Crippen molar-refractivity contribution in [1.29, 1.82) is 0 Å². The number of methoxy groups -OCH3 is 2. The summed E-state index contributed by atoms with van der Waals surface area (Å²) in [6.45, 7) is 25.8. The monoisotopic (exact) mass is 1070 g/mol. The molecule has 0 radical (unpaired) electrons. The average Bonchev–Trinajstić information content (AvgIpc) is 3.24. The number of nitrogens with zero attached hydrogens (tertiary/aromatic N) is 3. The normalized spacial score (nSPS) is 8.94. The van der Waals surface area contributed by atoms with Crippen molar-refractivity contribution in [2.75, 3.05) is 38.5 Å². The summed E-state index contributed by atoms with van der Waals surface area (Å²) >= 11 is 0. The van der Waals surface area contributed by atoms with E-state index in [2.05, 4.69) is 28.8 Å². The van der Waals surface area contributed by atoms with Crippen LogP contribution in [0.3, 0.4) is 0 Å². The van der Waals surface area contributed by atoms with Crippen molar-refractivity contribution in [1.82, 2.24) is 9.34 Å². The van der Waals surface area contributed by atoms with Crippen LogP contribution < -0.4 is 10.2 Å². The van der Waals surface area contributed by atoms with Gasteiger partial charge in [-0.15, -0.1) is 0 Å². The van der Waals surface area contributed by atoms with E-state index in [4.69, 9.17) is 39.2 Å². The number of hydrogen-bond acceptors (Lipinski definition) is 15. The zero-order chi connectivity index (χ0) is 55.9. The molecule has 0 aromatic heterocycles. The number of hydrogen-bond donors (Lipinski definition) is 4.